The first-order valence-corrected chi connectivity index (χ1v) is 11.8. The van der Waals surface area contributed by atoms with Gasteiger partial charge in [-0.3, -0.25) is 4.79 Å². The Morgan fingerprint density at radius 2 is 1.67 bits per heavy atom. The molecule has 2 N–H and O–H groups in total. The van der Waals surface area contributed by atoms with E-state index in [-0.39, 0.29) is 11.9 Å². The van der Waals surface area contributed by atoms with Gasteiger partial charge in [0.15, 0.2) is 5.82 Å². The Labute approximate surface area is 197 Å². The van der Waals surface area contributed by atoms with E-state index in [4.69, 9.17) is 0 Å². The van der Waals surface area contributed by atoms with E-state index >= 15 is 0 Å². The third-order valence-corrected chi connectivity index (χ3v) is 7.02. The molecule has 0 saturated heterocycles. The van der Waals surface area contributed by atoms with E-state index in [0.29, 0.717) is 5.16 Å². The molecule has 1 amide bonds. The summed E-state index contributed by atoms with van der Waals surface area (Å²) in [5.41, 5.74) is 9.73. The van der Waals surface area contributed by atoms with Gasteiger partial charge in [-0.05, 0) is 38.0 Å². The number of anilines is 1. The topological polar surface area (TPSA) is 71.8 Å². The van der Waals surface area contributed by atoms with Gasteiger partial charge in [0.1, 0.15) is 5.25 Å². The zero-order chi connectivity index (χ0) is 22.9. The monoisotopic (exact) mass is 455 g/mol. The smallest absolute Gasteiger partial charge is 0.240 e. The van der Waals surface area contributed by atoms with Gasteiger partial charge in [0.2, 0.25) is 11.1 Å². The molecule has 33 heavy (non-hydrogen) atoms. The first-order valence-electron chi connectivity index (χ1n) is 10.9. The maximum absolute atomic E-state index is 13.5. The third kappa shape index (κ3) is 4.24. The highest BCUT2D eigenvalue weighted by atomic mass is 32.2. The molecular formula is C26H25N5OS. The fourth-order valence-electron chi connectivity index (χ4n) is 4.01. The van der Waals surface area contributed by atoms with Crippen molar-refractivity contribution in [3.63, 3.8) is 0 Å². The number of benzene rings is 3. The minimum atomic E-state index is -0.422. The maximum atomic E-state index is 13.5. The molecule has 7 heteroatoms. The molecule has 4 aromatic rings. The van der Waals surface area contributed by atoms with Crippen LogP contribution in [0.3, 0.4) is 0 Å². The Balaban J connectivity index is 1.51. The van der Waals surface area contributed by atoms with Crippen molar-refractivity contribution < 1.29 is 4.79 Å². The van der Waals surface area contributed by atoms with E-state index in [9.17, 15) is 4.79 Å². The molecule has 0 unspecified atom stereocenters. The van der Waals surface area contributed by atoms with Gasteiger partial charge < -0.3 is 10.7 Å². The Bertz CT molecular complexity index is 1300. The SMILES string of the molecule is Cc1ccc([C@@H]2Nn3c(nnc3-c3ccccc3)S[C@H]2C(=O)Nc2ccc(C)cc2C)cc1. The average molecular weight is 456 g/mol. The molecule has 1 aliphatic rings. The molecule has 0 bridgehead atoms. The third-order valence-electron chi connectivity index (χ3n) is 5.80. The summed E-state index contributed by atoms with van der Waals surface area (Å²) in [5.74, 6) is 0.656. The van der Waals surface area contributed by atoms with Crippen LogP contribution in [0.25, 0.3) is 11.4 Å². The van der Waals surface area contributed by atoms with Crippen LogP contribution in [0.1, 0.15) is 28.3 Å². The number of aryl methyl sites for hydroxylation is 3. The molecule has 0 fully saturated rings. The van der Waals surface area contributed by atoms with Gasteiger partial charge >= 0.3 is 0 Å². The lowest BCUT2D eigenvalue weighted by molar-refractivity contribution is -0.116. The van der Waals surface area contributed by atoms with Crippen LogP contribution >= 0.6 is 11.8 Å². The first-order chi connectivity index (χ1) is 16.0. The molecule has 2 heterocycles. The molecule has 1 aliphatic heterocycles. The average Bonchev–Trinajstić information content (AvgIpc) is 3.24. The predicted octanol–water partition coefficient (Wildman–Crippen LogP) is 5.27. The molecular weight excluding hydrogens is 430 g/mol. The zero-order valence-corrected chi connectivity index (χ0v) is 19.6. The van der Waals surface area contributed by atoms with Crippen molar-refractivity contribution in [1.29, 1.82) is 0 Å². The van der Waals surface area contributed by atoms with Crippen molar-refractivity contribution >= 4 is 23.4 Å². The van der Waals surface area contributed by atoms with Crippen LogP contribution in [0.2, 0.25) is 0 Å². The molecule has 0 aliphatic carbocycles. The molecule has 0 saturated carbocycles. The highest BCUT2D eigenvalue weighted by molar-refractivity contribution is 8.00. The molecule has 3 aromatic carbocycles. The fraction of sp³-hybridized carbons (Fsp3) is 0.192. The van der Waals surface area contributed by atoms with Gasteiger partial charge in [-0.2, -0.15) is 0 Å². The number of fused-ring (bicyclic) bond motifs is 1. The van der Waals surface area contributed by atoms with Crippen LogP contribution < -0.4 is 10.7 Å². The van der Waals surface area contributed by atoms with Crippen LogP contribution in [0.4, 0.5) is 5.69 Å². The van der Waals surface area contributed by atoms with Crippen LogP contribution in [0.15, 0.2) is 78.0 Å². The number of nitrogens with one attached hydrogen (secondary N) is 2. The molecule has 166 valence electrons. The summed E-state index contributed by atoms with van der Waals surface area (Å²) in [4.78, 5) is 13.5. The highest BCUT2D eigenvalue weighted by Crippen LogP contribution is 2.39. The van der Waals surface area contributed by atoms with Crippen molar-refractivity contribution in [2.75, 3.05) is 10.7 Å². The Hall–Kier alpha value is -3.58. The standard InChI is InChI=1S/C26H25N5OS/c1-16-9-12-19(13-10-16)22-23(25(32)27-21-14-11-17(2)15-18(21)3)33-26-29-28-24(31(26)30-22)20-7-5-4-6-8-20/h4-15,22-23,30H,1-3H3,(H,27,32)/t22-,23+/m0/s1. The number of rotatable bonds is 4. The number of aromatic nitrogens is 3. The zero-order valence-electron chi connectivity index (χ0n) is 18.7. The summed E-state index contributed by atoms with van der Waals surface area (Å²) in [6, 6.07) is 24.0. The first kappa shape index (κ1) is 21.3. The second kappa shape index (κ2) is 8.75. The number of hydrogen-bond acceptors (Lipinski definition) is 5. The summed E-state index contributed by atoms with van der Waals surface area (Å²) in [6.45, 7) is 6.11. The highest BCUT2D eigenvalue weighted by Gasteiger charge is 2.38. The van der Waals surface area contributed by atoms with E-state index in [0.717, 1.165) is 28.2 Å². The van der Waals surface area contributed by atoms with Gasteiger partial charge in [-0.25, -0.2) is 4.68 Å². The Morgan fingerprint density at radius 1 is 0.939 bits per heavy atom. The lowest BCUT2D eigenvalue weighted by atomic mass is 10.0. The predicted molar refractivity (Wildman–Crippen MR) is 133 cm³/mol. The summed E-state index contributed by atoms with van der Waals surface area (Å²) in [6.07, 6.45) is 0. The van der Waals surface area contributed by atoms with E-state index in [1.807, 2.05) is 61.0 Å². The van der Waals surface area contributed by atoms with Crippen molar-refractivity contribution in [2.45, 2.75) is 37.2 Å². The maximum Gasteiger partial charge on any atom is 0.240 e. The summed E-state index contributed by atoms with van der Waals surface area (Å²) in [5, 5.41) is 12.2. The van der Waals surface area contributed by atoms with E-state index in [2.05, 4.69) is 58.2 Å². The largest absolute Gasteiger partial charge is 0.325 e. The van der Waals surface area contributed by atoms with Gasteiger partial charge in [0.25, 0.3) is 0 Å². The second-order valence-electron chi connectivity index (χ2n) is 8.37. The summed E-state index contributed by atoms with van der Waals surface area (Å²) >= 11 is 1.43. The number of carbonyl (C=O) groups excluding carboxylic acids is 1. The van der Waals surface area contributed by atoms with Gasteiger partial charge in [0.05, 0.1) is 6.04 Å². The fourth-order valence-corrected chi connectivity index (χ4v) is 5.09. The summed E-state index contributed by atoms with van der Waals surface area (Å²) in [7, 11) is 0. The van der Waals surface area contributed by atoms with Crippen LogP contribution in [0.5, 0.6) is 0 Å². The van der Waals surface area contributed by atoms with Crippen LogP contribution in [-0.2, 0) is 4.79 Å². The quantitative estimate of drug-likeness (QED) is 0.439. The van der Waals surface area contributed by atoms with E-state index in [1.165, 1.54) is 22.9 Å². The van der Waals surface area contributed by atoms with Crippen molar-refractivity contribution in [3.8, 4) is 11.4 Å². The lowest BCUT2D eigenvalue weighted by Gasteiger charge is -2.33. The molecule has 0 radical (unpaired) electrons. The second-order valence-corrected chi connectivity index (χ2v) is 9.48. The van der Waals surface area contributed by atoms with Crippen LogP contribution in [-0.4, -0.2) is 26.0 Å². The van der Waals surface area contributed by atoms with E-state index in [1.54, 1.807) is 0 Å². The number of hydrogen-bond donors (Lipinski definition) is 2. The van der Waals surface area contributed by atoms with Crippen molar-refractivity contribution in [2.24, 2.45) is 0 Å². The van der Waals surface area contributed by atoms with E-state index < -0.39 is 5.25 Å². The number of carbonyl (C=O) groups is 1. The van der Waals surface area contributed by atoms with Crippen molar-refractivity contribution in [3.05, 3.63) is 95.1 Å². The normalized spacial score (nSPS) is 17.2. The molecule has 5 rings (SSSR count). The molecule has 6 nitrogen and oxygen atoms in total. The van der Waals surface area contributed by atoms with Gasteiger partial charge in [-0.15, -0.1) is 10.2 Å². The van der Waals surface area contributed by atoms with Gasteiger partial charge in [-0.1, -0.05) is 89.6 Å². The Kier molecular flexibility index (Phi) is 5.64. The summed E-state index contributed by atoms with van der Waals surface area (Å²) < 4.78 is 1.89. The number of thioether (sulfide) groups is 1. The lowest BCUT2D eigenvalue weighted by Crippen LogP contribution is -2.41. The molecule has 0 spiro atoms. The van der Waals surface area contributed by atoms with Gasteiger partial charge in [0, 0.05) is 11.3 Å². The minimum Gasteiger partial charge on any atom is -0.325 e. The number of nitrogens with zero attached hydrogens (tertiary/aromatic N) is 3. The number of amides is 1. The van der Waals surface area contributed by atoms with Crippen LogP contribution in [0, 0.1) is 20.8 Å². The van der Waals surface area contributed by atoms with Crippen molar-refractivity contribution in [1.82, 2.24) is 14.9 Å². The minimum absolute atomic E-state index is 0.0689. The Morgan fingerprint density at radius 3 is 2.39 bits per heavy atom. The molecule has 1 aromatic heterocycles. The molecule has 2 atom stereocenters.